The summed E-state index contributed by atoms with van der Waals surface area (Å²) in [5, 5.41) is 6.14. The van der Waals surface area contributed by atoms with E-state index in [-0.39, 0.29) is 17.8 Å². The van der Waals surface area contributed by atoms with E-state index >= 15 is 0 Å². The first-order chi connectivity index (χ1) is 7.79. The Balaban J connectivity index is 1.99. The summed E-state index contributed by atoms with van der Waals surface area (Å²) in [5.41, 5.74) is 4.45. The lowest BCUT2D eigenvalue weighted by molar-refractivity contribution is 0.478. The minimum atomic E-state index is -0.104. The maximum Gasteiger partial charge on any atom is 0.140 e. The number of nitrogens with zero attached hydrogens (tertiary/aromatic N) is 1. The number of rotatable bonds is 1. The van der Waals surface area contributed by atoms with Gasteiger partial charge < -0.3 is 16.1 Å². The van der Waals surface area contributed by atoms with Crippen molar-refractivity contribution in [2.45, 2.75) is 12.5 Å². The van der Waals surface area contributed by atoms with Gasteiger partial charge in [0.1, 0.15) is 17.7 Å². The molecule has 2 aliphatic heterocycles. The third-order valence-corrected chi connectivity index (χ3v) is 3.07. The molecule has 1 fully saturated rings. The normalized spacial score (nSPS) is 30.9. The number of allylic oxidation sites excluding steroid dienone is 3. The first-order valence-corrected chi connectivity index (χ1v) is 5.12. The molecule has 1 saturated heterocycles. The molecule has 6 heteroatoms. The molecule has 3 rings (SSSR count). The molecule has 0 amide bonds. The summed E-state index contributed by atoms with van der Waals surface area (Å²) >= 11 is 0. The zero-order chi connectivity index (χ0) is 11.1. The van der Waals surface area contributed by atoms with E-state index in [0.29, 0.717) is 12.2 Å². The monoisotopic (exact) mass is 221 g/mol. The minimum Gasteiger partial charge on any atom is -0.357 e. The Morgan fingerprint density at radius 1 is 1.50 bits per heavy atom. The van der Waals surface area contributed by atoms with E-state index < -0.39 is 0 Å². The summed E-state index contributed by atoms with van der Waals surface area (Å²) in [6.07, 6.45) is 5.23. The Kier molecular flexibility index (Phi) is 1.97. The van der Waals surface area contributed by atoms with E-state index in [1.165, 1.54) is 6.08 Å². The van der Waals surface area contributed by atoms with Crippen LogP contribution in [-0.2, 0) is 0 Å². The van der Waals surface area contributed by atoms with E-state index in [1.807, 2.05) is 0 Å². The molecule has 84 valence electrons. The van der Waals surface area contributed by atoms with Gasteiger partial charge >= 0.3 is 0 Å². The molecule has 0 bridgehead atoms. The Morgan fingerprint density at radius 2 is 2.38 bits per heavy atom. The molecule has 5 N–H and O–H groups in total. The van der Waals surface area contributed by atoms with Crippen LogP contribution in [0.1, 0.15) is 6.42 Å². The van der Waals surface area contributed by atoms with Gasteiger partial charge in [-0.3, -0.25) is 4.99 Å². The summed E-state index contributed by atoms with van der Waals surface area (Å²) in [6, 6.07) is -0.0713. The van der Waals surface area contributed by atoms with Gasteiger partial charge in [0.05, 0.1) is 12.0 Å². The minimum absolute atomic E-state index is 0.0571. The summed E-state index contributed by atoms with van der Waals surface area (Å²) < 4.78 is 13.2. The average molecular weight is 221 g/mol. The second kappa shape index (κ2) is 3.34. The van der Waals surface area contributed by atoms with Crippen LogP contribution in [0.25, 0.3) is 0 Å². The van der Waals surface area contributed by atoms with Crippen LogP contribution >= 0.6 is 0 Å². The lowest BCUT2D eigenvalue weighted by Gasteiger charge is -2.21. The fourth-order valence-electron chi connectivity index (χ4n) is 2.31. The highest BCUT2D eigenvalue weighted by Crippen LogP contribution is 2.38. The van der Waals surface area contributed by atoms with Gasteiger partial charge in [-0.2, -0.15) is 0 Å². The number of nitrogens with one attached hydrogen (secondary N) is 3. The third-order valence-electron chi connectivity index (χ3n) is 3.07. The topological polar surface area (TPSA) is 74.5 Å². The summed E-state index contributed by atoms with van der Waals surface area (Å²) in [7, 11) is 0. The van der Waals surface area contributed by atoms with E-state index in [4.69, 9.17) is 5.84 Å². The van der Waals surface area contributed by atoms with Gasteiger partial charge in [-0.05, 0) is 12.2 Å². The van der Waals surface area contributed by atoms with Crippen molar-refractivity contribution in [1.29, 1.82) is 0 Å². The number of hydrazine groups is 1. The molecule has 0 aromatic carbocycles. The predicted molar refractivity (Wildman–Crippen MR) is 58.3 cm³/mol. The van der Waals surface area contributed by atoms with Gasteiger partial charge in [0.2, 0.25) is 0 Å². The Hall–Kier alpha value is -1.82. The van der Waals surface area contributed by atoms with Gasteiger partial charge in [0.15, 0.2) is 0 Å². The highest BCUT2D eigenvalue weighted by molar-refractivity contribution is 5.62. The van der Waals surface area contributed by atoms with Crippen molar-refractivity contribution in [2.75, 3.05) is 0 Å². The van der Waals surface area contributed by atoms with Crippen LogP contribution < -0.4 is 21.9 Å². The van der Waals surface area contributed by atoms with Gasteiger partial charge in [-0.15, -0.1) is 0 Å². The largest absolute Gasteiger partial charge is 0.357 e. The molecule has 5 nitrogen and oxygen atoms in total. The Bertz CT molecular complexity index is 448. The van der Waals surface area contributed by atoms with Crippen molar-refractivity contribution in [3.8, 4) is 0 Å². The molecule has 16 heavy (non-hydrogen) atoms. The number of nitrogens with two attached hydrogens (primary N) is 1. The number of hydrogen-bond donors (Lipinski definition) is 4. The van der Waals surface area contributed by atoms with E-state index in [2.05, 4.69) is 21.1 Å². The molecule has 0 saturated carbocycles. The molecule has 2 heterocycles. The summed E-state index contributed by atoms with van der Waals surface area (Å²) in [6.45, 7) is 0. The van der Waals surface area contributed by atoms with Crippen LogP contribution in [0.4, 0.5) is 4.39 Å². The summed E-state index contributed by atoms with van der Waals surface area (Å²) in [4.78, 5) is 4.32. The molecule has 2 atom stereocenters. The SMILES string of the molecule is NNC1=C2NC3=CC=C(F)CC3C2N=CN1. The van der Waals surface area contributed by atoms with Crippen LogP contribution in [0.3, 0.4) is 0 Å². The van der Waals surface area contributed by atoms with Crippen LogP contribution in [0.2, 0.25) is 0 Å². The Labute approximate surface area is 92.0 Å². The van der Waals surface area contributed by atoms with Gasteiger partial charge in [-0.1, -0.05) is 0 Å². The molecule has 1 aliphatic carbocycles. The van der Waals surface area contributed by atoms with E-state index in [9.17, 15) is 4.39 Å². The molecule has 0 radical (unpaired) electrons. The molecular formula is C10H12FN5. The number of halogens is 1. The van der Waals surface area contributed by atoms with Crippen LogP contribution in [0.15, 0.2) is 40.2 Å². The highest BCUT2D eigenvalue weighted by Gasteiger charge is 2.39. The second-order valence-corrected chi connectivity index (χ2v) is 3.97. The number of fused-ring (bicyclic) bond motifs is 3. The maximum absolute atomic E-state index is 13.2. The maximum atomic E-state index is 13.2. The van der Waals surface area contributed by atoms with Crippen molar-refractivity contribution < 1.29 is 4.39 Å². The lowest BCUT2D eigenvalue weighted by atomic mass is 9.91. The molecular weight excluding hydrogens is 209 g/mol. The van der Waals surface area contributed by atoms with Gasteiger partial charge in [0, 0.05) is 18.0 Å². The molecule has 3 aliphatic rings. The first kappa shape index (κ1) is 9.41. The average Bonchev–Trinajstić information content (AvgIpc) is 2.67. The molecule has 2 unspecified atom stereocenters. The number of hydrogen-bond acceptors (Lipinski definition) is 5. The van der Waals surface area contributed by atoms with Crippen LogP contribution in [-0.4, -0.2) is 12.4 Å². The van der Waals surface area contributed by atoms with Crippen molar-refractivity contribution in [1.82, 2.24) is 16.1 Å². The van der Waals surface area contributed by atoms with Crippen molar-refractivity contribution >= 4 is 6.34 Å². The second-order valence-electron chi connectivity index (χ2n) is 3.97. The van der Waals surface area contributed by atoms with E-state index in [0.717, 1.165) is 11.4 Å². The third kappa shape index (κ3) is 1.23. The highest BCUT2D eigenvalue weighted by atomic mass is 19.1. The quantitative estimate of drug-likeness (QED) is 0.371. The zero-order valence-electron chi connectivity index (χ0n) is 8.50. The predicted octanol–water partition coefficient (Wildman–Crippen LogP) is -0.0207. The van der Waals surface area contributed by atoms with Gasteiger partial charge in [0.25, 0.3) is 0 Å². The number of aliphatic imine (C=N–C) groups is 1. The molecule has 0 aromatic heterocycles. The molecule has 0 spiro atoms. The zero-order valence-corrected chi connectivity index (χ0v) is 8.50. The molecule has 0 aromatic rings. The Morgan fingerprint density at radius 3 is 3.19 bits per heavy atom. The fraction of sp³-hybridized carbons (Fsp3) is 0.300. The van der Waals surface area contributed by atoms with Crippen molar-refractivity contribution in [3.63, 3.8) is 0 Å². The van der Waals surface area contributed by atoms with Crippen molar-refractivity contribution in [2.24, 2.45) is 16.8 Å². The summed E-state index contributed by atoms with van der Waals surface area (Å²) in [5.74, 6) is 6.04. The lowest BCUT2D eigenvalue weighted by Crippen LogP contribution is -2.38. The first-order valence-electron chi connectivity index (χ1n) is 5.12. The standard InChI is InChI=1S/C10H12FN5/c11-5-1-2-7-6(3-5)8-9(15-7)10(16-12)14-4-13-8/h1-2,4,6,8,15-16H,3,12H2,(H,13,14). The smallest absolute Gasteiger partial charge is 0.140 e. The van der Waals surface area contributed by atoms with Crippen LogP contribution in [0.5, 0.6) is 0 Å². The van der Waals surface area contributed by atoms with Crippen LogP contribution in [0, 0.1) is 5.92 Å². The fourth-order valence-corrected chi connectivity index (χ4v) is 2.31. The van der Waals surface area contributed by atoms with Gasteiger partial charge in [-0.25, -0.2) is 10.2 Å². The van der Waals surface area contributed by atoms with Crippen molar-refractivity contribution in [3.05, 3.63) is 35.2 Å². The van der Waals surface area contributed by atoms with E-state index in [1.54, 1.807) is 12.4 Å².